The zero-order chi connectivity index (χ0) is 13.2. The summed E-state index contributed by atoms with van der Waals surface area (Å²) in [5.74, 6) is 0. The molecule has 2 rings (SSSR count). The van der Waals surface area contributed by atoms with E-state index in [1.807, 2.05) is 0 Å². The van der Waals surface area contributed by atoms with Crippen LogP contribution in [0.2, 0.25) is 0 Å². The monoisotopic (exact) mass is 254 g/mol. The Morgan fingerprint density at radius 1 is 1.28 bits per heavy atom. The van der Waals surface area contributed by atoms with Crippen LogP contribution in [-0.4, -0.2) is 48.3 Å². The van der Waals surface area contributed by atoms with Crippen molar-refractivity contribution < 1.29 is 4.74 Å². The molecule has 0 aliphatic carbocycles. The van der Waals surface area contributed by atoms with E-state index in [4.69, 9.17) is 4.74 Å². The first-order chi connectivity index (χ1) is 8.51. The highest BCUT2D eigenvalue weighted by atomic mass is 16.5. The second-order valence-corrected chi connectivity index (χ2v) is 6.68. The van der Waals surface area contributed by atoms with Crippen molar-refractivity contribution in [2.75, 3.05) is 26.2 Å². The van der Waals surface area contributed by atoms with Crippen LogP contribution in [0.25, 0.3) is 0 Å². The summed E-state index contributed by atoms with van der Waals surface area (Å²) in [6.45, 7) is 13.6. The largest absolute Gasteiger partial charge is 0.377 e. The average Bonchev–Trinajstić information content (AvgIpc) is 2.82. The maximum Gasteiger partial charge on any atom is 0.0703 e. The van der Waals surface area contributed by atoms with Gasteiger partial charge in [0.1, 0.15) is 0 Å². The van der Waals surface area contributed by atoms with Crippen LogP contribution in [0.5, 0.6) is 0 Å². The summed E-state index contributed by atoms with van der Waals surface area (Å²) in [6.07, 6.45) is 5.40. The fraction of sp³-hybridized carbons (Fsp3) is 1.00. The Morgan fingerprint density at radius 3 is 2.56 bits per heavy atom. The van der Waals surface area contributed by atoms with E-state index in [-0.39, 0.29) is 5.54 Å². The van der Waals surface area contributed by atoms with Crippen molar-refractivity contribution >= 4 is 0 Å². The summed E-state index contributed by atoms with van der Waals surface area (Å²) in [5.41, 5.74) is 0.563. The first-order valence-electron chi connectivity index (χ1n) is 7.63. The van der Waals surface area contributed by atoms with Crippen LogP contribution in [0.1, 0.15) is 53.4 Å². The molecule has 3 heteroatoms. The number of nitrogens with zero attached hydrogens (tertiary/aromatic N) is 1. The minimum atomic E-state index is 0.229. The number of ether oxygens (including phenoxy) is 1. The minimum absolute atomic E-state index is 0.229. The van der Waals surface area contributed by atoms with Crippen molar-refractivity contribution in [2.45, 2.75) is 70.6 Å². The van der Waals surface area contributed by atoms with Crippen LogP contribution in [0.4, 0.5) is 0 Å². The SMILES string of the molecule is CCC1(CC)CNC(C)(C)CN1CC1CCCO1. The van der Waals surface area contributed by atoms with Gasteiger partial charge in [0, 0.05) is 37.3 Å². The molecule has 0 amide bonds. The Labute approximate surface area is 112 Å². The molecule has 18 heavy (non-hydrogen) atoms. The van der Waals surface area contributed by atoms with Gasteiger partial charge in [-0.25, -0.2) is 0 Å². The van der Waals surface area contributed by atoms with E-state index in [2.05, 4.69) is 37.9 Å². The molecule has 2 aliphatic heterocycles. The number of piperazine rings is 1. The van der Waals surface area contributed by atoms with E-state index in [0.717, 1.165) is 26.2 Å². The normalized spacial score (nSPS) is 31.7. The van der Waals surface area contributed by atoms with Crippen molar-refractivity contribution in [3.05, 3.63) is 0 Å². The molecule has 1 unspecified atom stereocenters. The molecule has 3 nitrogen and oxygen atoms in total. The summed E-state index contributed by atoms with van der Waals surface area (Å²) >= 11 is 0. The van der Waals surface area contributed by atoms with Gasteiger partial charge in [-0.05, 0) is 39.5 Å². The fourth-order valence-electron chi connectivity index (χ4n) is 3.46. The van der Waals surface area contributed by atoms with Gasteiger partial charge in [0.15, 0.2) is 0 Å². The summed E-state index contributed by atoms with van der Waals surface area (Å²) in [4.78, 5) is 2.71. The molecule has 0 aromatic heterocycles. The molecule has 2 heterocycles. The van der Waals surface area contributed by atoms with Crippen LogP contribution in [0.3, 0.4) is 0 Å². The van der Waals surface area contributed by atoms with Crippen molar-refractivity contribution in [3.8, 4) is 0 Å². The lowest BCUT2D eigenvalue weighted by atomic mass is 9.84. The third kappa shape index (κ3) is 2.89. The van der Waals surface area contributed by atoms with Gasteiger partial charge in [0.25, 0.3) is 0 Å². The average molecular weight is 254 g/mol. The molecule has 0 bridgehead atoms. The van der Waals surface area contributed by atoms with E-state index in [9.17, 15) is 0 Å². The number of nitrogens with one attached hydrogen (secondary N) is 1. The molecule has 0 saturated carbocycles. The van der Waals surface area contributed by atoms with Gasteiger partial charge < -0.3 is 10.1 Å². The molecule has 2 saturated heterocycles. The van der Waals surface area contributed by atoms with Gasteiger partial charge in [-0.2, -0.15) is 0 Å². The van der Waals surface area contributed by atoms with Crippen LogP contribution in [-0.2, 0) is 4.74 Å². The van der Waals surface area contributed by atoms with Crippen LogP contribution in [0.15, 0.2) is 0 Å². The van der Waals surface area contributed by atoms with E-state index in [0.29, 0.717) is 11.6 Å². The van der Waals surface area contributed by atoms with Gasteiger partial charge in [-0.1, -0.05) is 13.8 Å². The highest BCUT2D eigenvalue weighted by molar-refractivity contribution is 5.01. The Balaban J connectivity index is 2.08. The fourth-order valence-corrected chi connectivity index (χ4v) is 3.46. The highest BCUT2D eigenvalue weighted by Crippen LogP contribution is 2.31. The molecule has 0 aromatic rings. The standard InChI is InChI=1S/C15H30N2O/c1-5-15(6-2)11-16-14(3,4)12-17(15)10-13-8-7-9-18-13/h13,16H,5-12H2,1-4H3. The number of hydrogen-bond donors (Lipinski definition) is 1. The van der Waals surface area contributed by atoms with E-state index in [1.54, 1.807) is 0 Å². The van der Waals surface area contributed by atoms with E-state index >= 15 is 0 Å². The van der Waals surface area contributed by atoms with Crippen LogP contribution < -0.4 is 5.32 Å². The molecular weight excluding hydrogens is 224 g/mol. The zero-order valence-electron chi connectivity index (χ0n) is 12.6. The van der Waals surface area contributed by atoms with E-state index < -0.39 is 0 Å². The smallest absolute Gasteiger partial charge is 0.0703 e. The second-order valence-electron chi connectivity index (χ2n) is 6.68. The van der Waals surface area contributed by atoms with Crippen LogP contribution >= 0.6 is 0 Å². The molecule has 2 aliphatic rings. The van der Waals surface area contributed by atoms with E-state index in [1.165, 1.54) is 25.7 Å². The van der Waals surface area contributed by atoms with Gasteiger partial charge in [-0.15, -0.1) is 0 Å². The third-order valence-corrected chi connectivity index (χ3v) is 4.92. The van der Waals surface area contributed by atoms with Gasteiger partial charge >= 0.3 is 0 Å². The zero-order valence-corrected chi connectivity index (χ0v) is 12.6. The summed E-state index contributed by atoms with van der Waals surface area (Å²) < 4.78 is 5.84. The van der Waals surface area contributed by atoms with Crippen molar-refractivity contribution in [1.82, 2.24) is 10.2 Å². The highest BCUT2D eigenvalue weighted by Gasteiger charge is 2.42. The molecule has 106 valence electrons. The lowest BCUT2D eigenvalue weighted by Crippen LogP contribution is -2.68. The molecule has 1 atom stereocenters. The first-order valence-corrected chi connectivity index (χ1v) is 7.63. The molecule has 2 fully saturated rings. The lowest BCUT2D eigenvalue weighted by molar-refractivity contribution is -0.0273. The maximum absolute atomic E-state index is 5.84. The molecule has 0 aromatic carbocycles. The molecule has 1 N–H and O–H groups in total. The maximum atomic E-state index is 5.84. The predicted octanol–water partition coefficient (Wildman–Crippen LogP) is 2.41. The number of rotatable bonds is 4. The lowest BCUT2D eigenvalue weighted by Gasteiger charge is -2.53. The topological polar surface area (TPSA) is 24.5 Å². The second kappa shape index (κ2) is 5.48. The van der Waals surface area contributed by atoms with Gasteiger partial charge in [0.05, 0.1) is 6.10 Å². The predicted molar refractivity (Wildman–Crippen MR) is 75.9 cm³/mol. The van der Waals surface area contributed by atoms with Crippen LogP contribution in [0, 0.1) is 0 Å². The van der Waals surface area contributed by atoms with Gasteiger partial charge in [0.2, 0.25) is 0 Å². The minimum Gasteiger partial charge on any atom is -0.377 e. The van der Waals surface area contributed by atoms with Crippen molar-refractivity contribution in [1.29, 1.82) is 0 Å². The first kappa shape index (κ1) is 14.3. The Hall–Kier alpha value is -0.120. The summed E-state index contributed by atoms with van der Waals surface area (Å²) in [7, 11) is 0. The van der Waals surface area contributed by atoms with Gasteiger partial charge in [-0.3, -0.25) is 4.90 Å². The molecular formula is C15H30N2O. The van der Waals surface area contributed by atoms with Crippen molar-refractivity contribution in [2.24, 2.45) is 0 Å². The van der Waals surface area contributed by atoms with Crippen molar-refractivity contribution in [3.63, 3.8) is 0 Å². The Bertz CT molecular complexity index is 268. The Morgan fingerprint density at radius 2 is 2.00 bits per heavy atom. The Kier molecular flexibility index (Phi) is 4.35. The number of hydrogen-bond acceptors (Lipinski definition) is 3. The summed E-state index contributed by atoms with van der Waals surface area (Å²) in [5, 5.41) is 3.72. The molecule has 0 spiro atoms. The summed E-state index contributed by atoms with van der Waals surface area (Å²) in [6, 6.07) is 0. The quantitative estimate of drug-likeness (QED) is 0.834. The molecule has 0 radical (unpaired) electrons. The third-order valence-electron chi connectivity index (χ3n) is 4.92.